The molecule has 0 aliphatic carbocycles. The van der Waals surface area contributed by atoms with Crippen molar-refractivity contribution in [2.24, 2.45) is 0 Å². The van der Waals surface area contributed by atoms with Crippen LogP contribution < -0.4 is 11.2 Å². The van der Waals surface area contributed by atoms with Crippen LogP contribution in [0.5, 0.6) is 0 Å². The summed E-state index contributed by atoms with van der Waals surface area (Å²) in [5, 5.41) is 1.59. The fraction of sp³-hybridized carbons (Fsp3) is 0.333. The summed E-state index contributed by atoms with van der Waals surface area (Å²) in [6.07, 6.45) is 0. The summed E-state index contributed by atoms with van der Waals surface area (Å²) >= 11 is 0. The average molecular weight is 249 g/mol. The Bertz CT molecular complexity index is 627. The lowest BCUT2D eigenvalue weighted by Crippen LogP contribution is -2.38. The van der Waals surface area contributed by atoms with Crippen LogP contribution in [0.1, 0.15) is 18.4 Å². The van der Waals surface area contributed by atoms with Gasteiger partial charge < -0.3 is 4.42 Å². The van der Waals surface area contributed by atoms with E-state index in [9.17, 15) is 9.59 Å². The third-order valence-electron chi connectivity index (χ3n) is 2.67. The Hall–Kier alpha value is -2.08. The number of carbonyl (C=O) groups is 1. The third kappa shape index (κ3) is 2.43. The number of hydrogen-bond acceptors (Lipinski definition) is 4. The van der Waals surface area contributed by atoms with E-state index in [4.69, 9.17) is 4.42 Å². The van der Waals surface area contributed by atoms with Gasteiger partial charge >= 0.3 is 5.76 Å². The molecule has 6 heteroatoms. The molecule has 0 spiro atoms. The van der Waals surface area contributed by atoms with Gasteiger partial charge in [0.25, 0.3) is 0 Å². The summed E-state index contributed by atoms with van der Waals surface area (Å²) < 4.78 is 4.91. The standard InChI is InChI=1S/C12H15N3O3/c1-7(11(16)14-15(2)3)8-4-5-10-9(6-8)13-12(17)18-10/h4-7H,1-3H3,(H,13,17)(H,14,16). The van der Waals surface area contributed by atoms with Gasteiger partial charge in [-0.25, -0.2) is 9.80 Å². The van der Waals surface area contributed by atoms with Crippen molar-refractivity contribution in [2.75, 3.05) is 14.1 Å². The van der Waals surface area contributed by atoms with Crippen LogP contribution in [0.3, 0.4) is 0 Å². The number of oxazole rings is 1. The highest BCUT2D eigenvalue weighted by Gasteiger charge is 2.16. The maximum atomic E-state index is 11.8. The average Bonchev–Trinajstić information content (AvgIpc) is 2.65. The Balaban J connectivity index is 2.30. The van der Waals surface area contributed by atoms with E-state index in [1.165, 1.54) is 0 Å². The van der Waals surface area contributed by atoms with Crippen LogP contribution in [0.2, 0.25) is 0 Å². The number of rotatable bonds is 3. The summed E-state index contributed by atoms with van der Waals surface area (Å²) in [4.78, 5) is 25.5. The number of carbonyl (C=O) groups excluding carboxylic acids is 1. The van der Waals surface area contributed by atoms with Gasteiger partial charge in [0.1, 0.15) is 0 Å². The second kappa shape index (κ2) is 4.66. The zero-order valence-electron chi connectivity index (χ0n) is 10.5. The predicted molar refractivity (Wildman–Crippen MR) is 67.1 cm³/mol. The number of benzene rings is 1. The van der Waals surface area contributed by atoms with Crippen molar-refractivity contribution >= 4 is 17.0 Å². The lowest BCUT2D eigenvalue weighted by Gasteiger charge is -2.16. The van der Waals surface area contributed by atoms with Crippen molar-refractivity contribution in [3.05, 3.63) is 34.3 Å². The molecule has 0 fully saturated rings. The molecule has 0 bridgehead atoms. The number of aromatic amines is 1. The van der Waals surface area contributed by atoms with E-state index in [0.29, 0.717) is 11.1 Å². The first-order valence-electron chi connectivity index (χ1n) is 5.58. The first kappa shape index (κ1) is 12.4. The van der Waals surface area contributed by atoms with Crippen LogP contribution in [-0.2, 0) is 4.79 Å². The Morgan fingerprint density at radius 1 is 1.44 bits per heavy atom. The Morgan fingerprint density at radius 3 is 2.83 bits per heavy atom. The topological polar surface area (TPSA) is 78.3 Å². The minimum Gasteiger partial charge on any atom is -0.408 e. The van der Waals surface area contributed by atoms with Crippen molar-refractivity contribution in [3.63, 3.8) is 0 Å². The van der Waals surface area contributed by atoms with Gasteiger partial charge in [-0.15, -0.1) is 0 Å². The monoisotopic (exact) mass is 249 g/mol. The highest BCUT2D eigenvalue weighted by Crippen LogP contribution is 2.20. The highest BCUT2D eigenvalue weighted by atomic mass is 16.4. The number of H-pyrrole nitrogens is 1. The van der Waals surface area contributed by atoms with E-state index in [1.54, 1.807) is 44.2 Å². The Kier molecular flexibility index (Phi) is 3.20. The van der Waals surface area contributed by atoms with Crippen molar-refractivity contribution in [1.29, 1.82) is 0 Å². The zero-order chi connectivity index (χ0) is 13.3. The molecule has 2 aromatic rings. The SMILES string of the molecule is CC(C(=O)NN(C)C)c1ccc2oc(=O)[nH]c2c1. The molecule has 2 rings (SSSR count). The van der Waals surface area contributed by atoms with Crippen LogP contribution in [0, 0.1) is 0 Å². The number of aromatic nitrogens is 1. The summed E-state index contributed by atoms with van der Waals surface area (Å²) in [6, 6.07) is 5.21. The maximum Gasteiger partial charge on any atom is 0.417 e. The third-order valence-corrected chi connectivity index (χ3v) is 2.67. The molecule has 2 N–H and O–H groups in total. The van der Waals surface area contributed by atoms with Crippen LogP contribution in [-0.4, -0.2) is 30.0 Å². The van der Waals surface area contributed by atoms with Crippen molar-refractivity contribution < 1.29 is 9.21 Å². The number of hydrazine groups is 1. The second-order valence-corrected chi connectivity index (χ2v) is 4.36. The van der Waals surface area contributed by atoms with Gasteiger partial charge in [0.05, 0.1) is 11.4 Å². The molecule has 1 heterocycles. The number of fused-ring (bicyclic) bond motifs is 1. The molecule has 1 aromatic heterocycles. The fourth-order valence-electron chi connectivity index (χ4n) is 1.71. The van der Waals surface area contributed by atoms with Gasteiger partial charge in [0.2, 0.25) is 5.91 Å². The number of nitrogens with one attached hydrogen (secondary N) is 2. The van der Waals surface area contributed by atoms with Crippen LogP contribution in [0.25, 0.3) is 11.1 Å². The van der Waals surface area contributed by atoms with E-state index in [1.807, 2.05) is 0 Å². The van der Waals surface area contributed by atoms with Gasteiger partial charge in [-0.1, -0.05) is 6.07 Å². The van der Waals surface area contributed by atoms with Crippen LogP contribution in [0.15, 0.2) is 27.4 Å². The minimum absolute atomic E-state index is 0.106. The fourth-order valence-corrected chi connectivity index (χ4v) is 1.71. The zero-order valence-corrected chi connectivity index (χ0v) is 10.5. The molecule has 6 nitrogen and oxygen atoms in total. The number of nitrogens with zero attached hydrogens (tertiary/aromatic N) is 1. The van der Waals surface area contributed by atoms with E-state index in [0.717, 1.165) is 5.56 Å². The molecule has 1 amide bonds. The van der Waals surface area contributed by atoms with Gasteiger partial charge in [-0.2, -0.15) is 0 Å². The van der Waals surface area contributed by atoms with Crippen molar-refractivity contribution in [2.45, 2.75) is 12.8 Å². The first-order valence-corrected chi connectivity index (χ1v) is 5.58. The molecule has 18 heavy (non-hydrogen) atoms. The number of hydrogen-bond donors (Lipinski definition) is 2. The molecular weight excluding hydrogens is 234 g/mol. The molecular formula is C12H15N3O3. The first-order chi connectivity index (χ1) is 8.47. The van der Waals surface area contributed by atoms with Crippen LogP contribution in [0.4, 0.5) is 0 Å². The minimum atomic E-state index is -0.493. The number of amides is 1. The maximum absolute atomic E-state index is 11.8. The smallest absolute Gasteiger partial charge is 0.408 e. The van der Waals surface area contributed by atoms with Gasteiger partial charge in [0, 0.05) is 14.1 Å². The summed E-state index contributed by atoms with van der Waals surface area (Å²) in [5.41, 5.74) is 4.60. The molecule has 0 saturated carbocycles. The molecule has 0 saturated heterocycles. The van der Waals surface area contributed by atoms with Crippen LogP contribution >= 0.6 is 0 Å². The van der Waals surface area contributed by atoms with E-state index < -0.39 is 5.76 Å². The molecule has 96 valence electrons. The molecule has 1 aromatic carbocycles. The Morgan fingerprint density at radius 2 is 2.17 bits per heavy atom. The molecule has 1 atom stereocenters. The predicted octanol–water partition coefficient (Wildman–Crippen LogP) is 0.817. The molecule has 0 radical (unpaired) electrons. The van der Waals surface area contributed by atoms with Gasteiger partial charge in [0.15, 0.2) is 5.58 Å². The lowest BCUT2D eigenvalue weighted by molar-refractivity contribution is -0.125. The molecule has 1 unspecified atom stereocenters. The lowest BCUT2D eigenvalue weighted by atomic mass is 10.0. The van der Waals surface area contributed by atoms with E-state index >= 15 is 0 Å². The second-order valence-electron chi connectivity index (χ2n) is 4.36. The van der Waals surface area contributed by atoms with Crippen molar-refractivity contribution in [1.82, 2.24) is 15.4 Å². The van der Waals surface area contributed by atoms with E-state index in [-0.39, 0.29) is 11.8 Å². The Labute approximate surface area is 104 Å². The van der Waals surface area contributed by atoms with E-state index in [2.05, 4.69) is 10.4 Å². The highest BCUT2D eigenvalue weighted by molar-refractivity contribution is 5.84. The van der Waals surface area contributed by atoms with Crippen molar-refractivity contribution in [3.8, 4) is 0 Å². The summed E-state index contributed by atoms with van der Waals surface area (Å²) in [5.74, 6) is -0.909. The summed E-state index contributed by atoms with van der Waals surface area (Å²) in [6.45, 7) is 1.80. The molecule has 0 aliphatic rings. The quantitative estimate of drug-likeness (QED) is 0.789. The largest absolute Gasteiger partial charge is 0.417 e. The van der Waals surface area contributed by atoms with Gasteiger partial charge in [-0.05, 0) is 24.6 Å². The molecule has 0 aliphatic heterocycles. The normalized spacial score (nSPS) is 12.9. The summed E-state index contributed by atoms with van der Waals surface area (Å²) in [7, 11) is 3.50. The van der Waals surface area contributed by atoms with Gasteiger partial charge in [-0.3, -0.25) is 15.2 Å².